The van der Waals surface area contributed by atoms with E-state index in [9.17, 15) is 4.39 Å². The molecule has 1 aromatic carbocycles. The minimum atomic E-state index is -0.424. The van der Waals surface area contributed by atoms with Crippen LogP contribution in [0.3, 0.4) is 0 Å². The summed E-state index contributed by atoms with van der Waals surface area (Å²) >= 11 is 0. The third-order valence-corrected chi connectivity index (χ3v) is 5.56. The quantitative estimate of drug-likeness (QED) is 0.540. The van der Waals surface area contributed by atoms with Crippen LogP contribution in [-0.2, 0) is 10.7 Å². The number of nitrogens with zero attached hydrogens (tertiary/aromatic N) is 4. The summed E-state index contributed by atoms with van der Waals surface area (Å²) in [6, 6.07) is 7.06. The van der Waals surface area contributed by atoms with E-state index in [1.54, 1.807) is 18.3 Å². The van der Waals surface area contributed by atoms with Gasteiger partial charge in [-0.3, -0.25) is 0 Å². The van der Waals surface area contributed by atoms with Crippen molar-refractivity contribution >= 4 is 38.8 Å². The largest absolute Gasteiger partial charge is 0.473 e. The van der Waals surface area contributed by atoms with Crippen molar-refractivity contribution in [3.63, 3.8) is 0 Å². The van der Waals surface area contributed by atoms with E-state index in [1.165, 1.54) is 12.4 Å². The van der Waals surface area contributed by atoms with Gasteiger partial charge in [-0.25, -0.2) is 23.7 Å². The second kappa shape index (κ2) is 11.3. The van der Waals surface area contributed by atoms with Gasteiger partial charge in [0.2, 0.25) is 5.88 Å². The van der Waals surface area contributed by atoms with E-state index >= 15 is 0 Å². The predicted octanol–water partition coefficient (Wildman–Crippen LogP) is 5.28. The van der Waals surface area contributed by atoms with Crippen LogP contribution in [0, 0.1) is 5.82 Å². The highest BCUT2D eigenvalue weighted by atomic mass is 32.2. The Morgan fingerprint density at radius 1 is 1.12 bits per heavy atom. The molecule has 172 valence electrons. The minimum Gasteiger partial charge on any atom is -0.473 e. The first-order valence-corrected chi connectivity index (χ1v) is 12.9. The molecule has 1 fully saturated rings. The molecule has 0 spiro atoms. The molecule has 32 heavy (non-hydrogen) atoms. The summed E-state index contributed by atoms with van der Waals surface area (Å²) in [4.78, 5) is 12.9. The van der Waals surface area contributed by atoms with E-state index in [0.29, 0.717) is 34.0 Å². The maximum absolute atomic E-state index is 14.9. The Balaban J connectivity index is 0.00000141. The van der Waals surface area contributed by atoms with Gasteiger partial charge < -0.3 is 15.8 Å². The van der Waals surface area contributed by atoms with Crippen LogP contribution in [-0.4, -0.2) is 39.6 Å². The third-order valence-electron chi connectivity index (χ3n) is 4.98. The molecule has 2 aromatic heterocycles. The molecular weight excluding hydrogens is 427 g/mol. The zero-order valence-electron chi connectivity index (χ0n) is 19.0. The molecule has 1 aliphatic carbocycles. The number of anilines is 2. The molecule has 3 aromatic rings. The normalized spacial score (nSPS) is 18.1. The van der Waals surface area contributed by atoms with Gasteiger partial charge in [-0.05, 0) is 56.4 Å². The Kier molecular flexibility index (Phi) is 8.46. The van der Waals surface area contributed by atoms with E-state index in [0.717, 1.165) is 25.7 Å². The fraction of sp³-hybridized carbons (Fsp3) is 0.435. The monoisotopic (exact) mass is 458 g/mol. The van der Waals surface area contributed by atoms with Crippen LogP contribution in [0.4, 0.5) is 21.6 Å². The Hall–Kier alpha value is -2.65. The lowest BCUT2D eigenvalue weighted by Gasteiger charge is -2.27. The van der Waals surface area contributed by atoms with Crippen LogP contribution in [0.15, 0.2) is 41.2 Å². The van der Waals surface area contributed by atoms with Crippen LogP contribution < -0.4 is 15.8 Å². The molecule has 1 aliphatic rings. The lowest BCUT2D eigenvalue weighted by Crippen LogP contribution is -2.31. The van der Waals surface area contributed by atoms with E-state index in [4.69, 9.17) is 10.5 Å². The smallest absolute Gasteiger partial charge is 0.238 e. The molecule has 9 heteroatoms. The van der Waals surface area contributed by atoms with Crippen LogP contribution in [0.2, 0.25) is 0 Å². The van der Waals surface area contributed by atoms with Gasteiger partial charge in [-0.15, -0.1) is 10.7 Å². The van der Waals surface area contributed by atoms with Gasteiger partial charge in [0, 0.05) is 18.3 Å². The van der Waals surface area contributed by atoms with Gasteiger partial charge in [0.1, 0.15) is 29.8 Å². The first kappa shape index (κ1) is 24.0. The van der Waals surface area contributed by atoms with E-state index in [2.05, 4.69) is 24.6 Å². The van der Waals surface area contributed by atoms with Gasteiger partial charge in [0.25, 0.3) is 0 Å². The number of benzene rings is 1. The Morgan fingerprint density at radius 3 is 2.59 bits per heavy atom. The van der Waals surface area contributed by atoms with Crippen molar-refractivity contribution < 1.29 is 9.13 Å². The molecule has 0 bridgehead atoms. The maximum Gasteiger partial charge on any atom is 0.238 e. The number of fused-ring (bicyclic) bond motifs is 1. The van der Waals surface area contributed by atoms with Gasteiger partial charge >= 0.3 is 0 Å². The molecule has 3 N–H and O–H groups in total. The topological polar surface area (TPSA) is 98.3 Å². The summed E-state index contributed by atoms with van der Waals surface area (Å²) in [6.07, 6.45) is 10.8. The van der Waals surface area contributed by atoms with Crippen LogP contribution >= 0.6 is 0 Å². The van der Waals surface area contributed by atoms with Gasteiger partial charge in [0.15, 0.2) is 0 Å². The van der Waals surface area contributed by atoms with Crippen LogP contribution in [0.1, 0.15) is 39.5 Å². The SMILES string of the molecule is CC.CS(C)=Nc1cc(F)c2c(Nc3cccnc3OC3CCC(N)CC3)ncnc2c1. The summed E-state index contributed by atoms with van der Waals surface area (Å²) in [6.45, 7) is 4.00. The van der Waals surface area contributed by atoms with E-state index in [1.807, 2.05) is 32.4 Å². The second-order valence-electron chi connectivity index (χ2n) is 7.54. The molecule has 0 radical (unpaired) electrons. The number of aromatic nitrogens is 3. The van der Waals surface area contributed by atoms with Crippen LogP contribution in [0.5, 0.6) is 5.88 Å². The second-order valence-corrected chi connectivity index (χ2v) is 9.27. The standard InChI is InChI=1S/C21H25FN6OS.C2H6/c1-30(2)28-14-10-16(22)19-18(11-14)25-12-26-20(19)27-17-4-3-9-24-21(17)29-15-7-5-13(23)6-8-15;1-2/h3-4,9-13,15H,5-8,23H2,1-2H3,(H,25,26,27);1-2H3. The van der Waals surface area contributed by atoms with Crippen molar-refractivity contribution in [2.75, 3.05) is 17.8 Å². The molecule has 0 atom stereocenters. The van der Waals surface area contributed by atoms with Gasteiger partial charge in [0.05, 0.1) is 16.6 Å². The Morgan fingerprint density at radius 2 is 1.88 bits per heavy atom. The summed E-state index contributed by atoms with van der Waals surface area (Å²) in [5.41, 5.74) is 7.67. The Bertz CT molecular complexity index is 1080. The lowest BCUT2D eigenvalue weighted by molar-refractivity contribution is 0.142. The zero-order valence-corrected chi connectivity index (χ0v) is 19.8. The van der Waals surface area contributed by atoms with Gasteiger partial charge in [-0.2, -0.15) is 0 Å². The average molecular weight is 459 g/mol. The van der Waals surface area contributed by atoms with Crippen LogP contribution in [0.25, 0.3) is 10.9 Å². The molecule has 7 nitrogen and oxygen atoms in total. The summed E-state index contributed by atoms with van der Waals surface area (Å²) in [5.74, 6) is 0.407. The molecule has 1 saturated carbocycles. The van der Waals surface area contributed by atoms with Crippen molar-refractivity contribution in [1.82, 2.24) is 15.0 Å². The number of hydrogen-bond acceptors (Lipinski definition) is 7. The molecule has 0 amide bonds. The minimum absolute atomic E-state index is 0.0696. The highest BCUT2D eigenvalue weighted by molar-refractivity contribution is 7.85. The lowest BCUT2D eigenvalue weighted by atomic mass is 9.94. The van der Waals surface area contributed by atoms with E-state index in [-0.39, 0.29) is 22.8 Å². The molecule has 0 aliphatic heterocycles. The van der Waals surface area contributed by atoms with Crippen molar-refractivity contribution in [3.8, 4) is 5.88 Å². The molecule has 2 heterocycles. The zero-order chi connectivity index (χ0) is 23.1. The van der Waals surface area contributed by atoms with Gasteiger partial charge in [-0.1, -0.05) is 13.8 Å². The maximum atomic E-state index is 14.9. The fourth-order valence-electron chi connectivity index (χ4n) is 3.56. The number of nitrogens with two attached hydrogens (primary N) is 1. The van der Waals surface area contributed by atoms with E-state index < -0.39 is 5.82 Å². The van der Waals surface area contributed by atoms with Crippen molar-refractivity contribution in [2.45, 2.75) is 51.7 Å². The third kappa shape index (κ3) is 5.98. The number of rotatable bonds is 5. The average Bonchev–Trinajstić information content (AvgIpc) is 2.77. The highest BCUT2D eigenvalue weighted by Gasteiger charge is 2.22. The first-order chi connectivity index (χ1) is 15.5. The molecule has 4 rings (SSSR count). The summed E-state index contributed by atoms with van der Waals surface area (Å²) in [5, 5.41) is 3.49. The Labute approximate surface area is 191 Å². The van der Waals surface area contributed by atoms with Crippen molar-refractivity contribution in [2.24, 2.45) is 10.1 Å². The summed E-state index contributed by atoms with van der Waals surface area (Å²) in [7, 11) is -0.197. The number of halogens is 1. The van der Waals surface area contributed by atoms with Crippen molar-refractivity contribution in [3.05, 3.63) is 42.6 Å². The molecule has 0 saturated heterocycles. The highest BCUT2D eigenvalue weighted by Crippen LogP contribution is 2.33. The number of hydrogen-bond donors (Lipinski definition) is 2. The first-order valence-electron chi connectivity index (χ1n) is 10.9. The number of ether oxygens (including phenoxy) is 1. The fourth-order valence-corrected chi connectivity index (χ4v) is 4.08. The number of nitrogens with one attached hydrogen (secondary N) is 1. The predicted molar refractivity (Wildman–Crippen MR) is 131 cm³/mol. The molecular formula is C23H31FN6OS. The van der Waals surface area contributed by atoms with Crippen molar-refractivity contribution in [1.29, 1.82) is 0 Å². The molecule has 0 unspecified atom stereocenters. The number of pyridine rings is 1. The summed E-state index contributed by atoms with van der Waals surface area (Å²) < 4.78 is 25.5.